The fourth-order valence-electron chi connectivity index (χ4n) is 4.05. The highest BCUT2D eigenvalue weighted by Gasteiger charge is 2.26. The van der Waals surface area contributed by atoms with Crippen molar-refractivity contribution in [2.75, 3.05) is 37.6 Å². The molecule has 2 N–H and O–H groups in total. The molecule has 0 spiro atoms. The van der Waals surface area contributed by atoms with E-state index in [0.29, 0.717) is 0 Å². The predicted molar refractivity (Wildman–Crippen MR) is 106 cm³/mol. The number of ether oxygens (including phenoxy) is 1. The average Bonchev–Trinajstić information content (AvgIpc) is 2.68. The molecule has 3 rings (SSSR count). The first kappa shape index (κ1) is 20.8. The zero-order valence-electron chi connectivity index (χ0n) is 16.6. The van der Waals surface area contributed by atoms with Gasteiger partial charge in [0, 0.05) is 38.2 Å². The highest BCUT2D eigenvalue weighted by atomic mass is 19.3. The number of carbonyl (C=O) groups is 1. The largest absolute Gasteiger partial charge is 0.433 e. The Balaban J connectivity index is 1.39. The first-order valence-electron chi connectivity index (χ1n) is 10.3. The molecule has 1 aromatic rings. The number of alkyl halides is 2. The topological polar surface area (TPSA) is 53.6 Å². The van der Waals surface area contributed by atoms with E-state index in [1.54, 1.807) is 24.3 Å². The van der Waals surface area contributed by atoms with Gasteiger partial charge in [-0.25, -0.2) is 0 Å². The Morgan fingerprint density at radius 2 is 1.82 bits per heavy atom. The van der Waals surface area contributed by atoms with Gasteiger partial charge in [-0.2, -0.15) is 8.78 Å². The SMILES string of the molecule is CC(F)(F)Oc1ccc(N2CCC(C(=O)NCCC3CCNCC3)CC2)cc1. The van der Waals surface area contributed by atoms with Crippen LogP contribution in [0.5, 0.6) is 5.75 Å². The molecular formula is C21H31F2N3O2. The number of nitrogens with zero attached hydrogens (tertiary/aromatic N) is 1. The summed E-state index contributed by atoms with van der Waals surface area (Å²) < 4.78 is 30.4. The van der Waals surface area contributed by atoms with E-state index in [1.807, 2.05) is 0 Å². The van der Waals surface area contributed by atoms with Crippen LogP contribution >= 0.6 is 0 Å². The van der Waals surface area contributed by atoms with Gasteiger partial charge in [0.25, 0.3) is 0 Å². The van der Waals surface area contributed by atoms with Crippen LogP contribution < -0.4 is 20.3 Å². The van der Waals surface area contributed by atoms with Crippen molar-refractivity contribution in [3.8, 4) is 5.75 Å². The number of anilines is 1. The standard InChI is InChI=1S/C21H31F2N3O2/c1-21(22,23)28-19-4-2-18(3-5-19)26-14-9-17(10-15-26)20(27)25-13-8-16-6-11-24-12-7-16/h2-5,16-17,24H,6-15H2,1H3,(H,25,27). The average molecular weight is 395 g/mol. The van der Waals surface area contributed by atoms with Crippen LogP contribution in [0, 0.1) is 11.8 Å². The number of amides is 1. The van der Waals surface area contributed by atoms with Crippen molar-refractivity contribution in [3.63, 3.8) is 0 Å². The highest BCUT2D eigenvalue weighted by Crippen LogP contribution is 2.27. The van der Waals surface area contributed by atoms with Gasteiger partial charge in [-0.3, -0.25) is 4.79 Å². The maximum Gasteiger partial charge on any atom is 0.394 e. The van der Waals surface area contributed by atoms with Gasteiger partial charge in [0.2, 0.25) is 5.91 Å². The van der Waals surface area contributed by atoms with Crippen LogP contribution in [-0.2, 0) is 4.79 Å². The molecule has 5 nitrogen and oxygen atoms in total. The number of nitrogens with one attached hydrogen (secondary N) is 2. The van der Waals surface area contributed by atoms with E-state index in [-0.39, 0.29) is 17.6 Å². The molecule has 2 aliphatic rings. The minimum atomic E-state index is -3.18. The van der Waals surface area contributed by atoms with E-state index in [9.17, 15) is 13.6 Å². The molecule has 28 heavy (non-hydrogen) atoms. The molecule has 2 saturated heterocycles. The van der Waals surface area contributed by atoms with Crippen molar-refractivity contribution < 1.29 is 18.3 Å². The number of rotatable bonds is 7. The van der Waals surface area contributed by atoms with E-state index in [2.05, 4.69) is 20.3 Å². The molecule has 7 heteroatoms. The predicted octanol–water partition coefficient (Wildman–Crippen LogP) is 3.40. The molecule has 0 aromatic heterocycles. The van der Waals surface area contributed by atoms with Gasteiger partial charge in [0.1, 0.15) is 5.75 Å². The van der Waals surface area contributed by atoms with Crippen LogP contribution in [0.15, 0.2) is 24.3 Å². The van der Waals surface area contributed by atoms with Crippen molar-refractivity contribution in [1.29, 1.82) is 0 Å². The lowest BCUT2D eigenvalue weighted by Gasteiger charge is -2.33. The van der Waals surface area contributed by atoms with Gasteiger partial charge < -0.3 is 20.3 Å². The van der Waals surface area contributed by atoms with Crippen molar-refractivity contribution in [2.24, 2.45) is 11.8 Å². The Kier molecular flexibility index (Phi) is 7.10. The van der Waals surface area contributed by atoms with Crippen LogP contribution in [0.1, 0.15) is 39.0 Å². The van der Waals surface area contributed by atoms with Crippen molar-refractivity contribution >= 4 is 11.6 Å². The molecule has 0 atom stereocenters. The number of piperidine rings is 2. The quantitative estimate of drug-likeness (QED) is 0.743. The van der Waals surface area contributed by atoms with Gasteiger partial charge in [-0.05, 0) is 75.4 Å². The summed E-state index contributed by atoms with van der Waals surface area (Å²) in [5, 5.41) is 6.48. The Morgan fingerprint density at radius 3 is 2.43 bits per heavy atom. The molecule has 2 aliphatic heterocycles. The third-order valence-electron chi connectivity index (χ3n) is 5.68. The summed E-state index contributed by atoms with van der Waals surface area (Å²) in [6.45, 7) is 5.25. The molecule has 0 radical (unpaired) electrons. The lowest BCUT2D eigenvalue weighted by Crippen LogP contribution is -2.41. The number of halogens is 2. The second-order valence-corrected chi connectivity index (χ2v) is 7.94. The van der Waals surface area contributed by atoms with E-state index in [4.69, 9.17) is 0 Å². The van der Waals surface area contributed by atoms with Crippen LogP contribution in [0.25, 0.3) is 0 Å². The molecule has 0 aliphatic carbocycles. The van der Waals surface area contributed by atoms with Gasteiger partial charge in [-0.15, -0.1) is 0 Å². The Labute approximate surface area is 165 Å². The molecule has 0 saturated carbocycles. The molecule has 2 heterocycles. The summed E-state index contributed by atoms with van der Waals surface area (Å²) in [4.78, 5) is 14.6. The Bertz CT molecular complexity index is 620. The summed E-state index contributed by atoms with van der Waals surface area (Å²) in [5.74, 6) is 1.11. The number of carbonyl (C=O) groups excluding carboxylic acids is 1. The number of hydrogen-bond acceptors (Lipinski definition) is 4. The fraction of sp³-hybridized carbons (Fsp3) is 0.667. The summed E-state index contributed by atoms with van der Waals surface area (Å²) in [7, 11) is 0. The minimum Gasteiger partial charge on any atom is -0.433 e. The molecule has 0 unspecified atom stereocenters. The van der Waals surface area contributed by atoms with E-state index in [1.165, 1.54) is 12.8 Å². The molecular weight excluding hydrogens is 364 g/mol. The Hall–Kier alpha value is -1.89. The fourth-order valence-corrected chi connectivity index (χ4v) is 4.05. The molecule has 1 aromatic carbocycles. The number of hydrogen-bond donors (Lipinski definition) is 2. The normalized spacial score (nSPS) is 19.5. The van der Waals surface area contributed by atoms with Crippen LogP contribution in [0.4, 0.5) is 14.5 Å². The summed E-state index contributed by atoms with van der Waals surface area (Å²) >= 11 is 0. The van der Waals surface area contributed by atoms with Gasteiger partial charge >= 0.3 is 6.11 Å². The van der Waals surface area contributed by atoms with Crippen LogP contribution in [0.2, 0.25) is 0 Å². The van der Waals surface area contributed by atoms with Crippen molar-refractivity contribution in [2.45, 2.75) is 45.1 Å². The van der Waals surface area contributed by atoms with Crippen LogP contribution in [-0.4, -0.2) is 44.7 Å². The van der Waals surface area contributed by atoms with E-state index >= 15 is 0 Å². The molecule has 2 fully saturated rings. The number of benzene rings is 1. The third-order valence-corrected chi connectivity index (χ3v) is 5.68. The molecule has 156 valence electrons. The van der Waals surface area contributed by atoms with Crippen LogP contribution in [0.3, 0.4) is 0 Å². The molecule has 0 bridgehead atoms. The monoisotopic (exact) mass is 395 g/mol. The highest BCUT2D eigenvalue weighted by molar-refractivity contribution is 5.79. The smallest absolute Gasteiger partial charge is 0.394 e. The zero-order valence-corrected chi connectivity index (χ0v) is 16.6. The van der Waals surface area contributed by atoms with E-state index < -0.39 is 6.11 Å². The first-order chi connectivity index (χ1) is 13.4. The summed E-state index contributed by atoms with van der Waals surface area (Å²) in [6, 6.07) is 6.71. The maximum atomic E-state index is 12.9. The van der Waals surface area contributed by atoms with Gasteiger partial charge in [0.05, 0.1) is 0 Å². The lowest BCUT2D eigenvalue weighted by molar-refractivity contribution is -0.158. The van der Waals surface area contributed by atoms with Gasteiger partial charge in [-0.1, -0.05) is 0 Å². The first-order valence-corrected chi connectivity index (χ1v) is 10.3. The van der Waals surface area contributed by atoms with Gasteiger partial charge in [0.15, 0.2) is 0 Å². The minimum absolute atomic E-state index is 0.0608. The zero-order chi connectivity index (χ0) is 20.0. The second kappa shape index (κ2) is 9.54. The maximum absolute atomic E-state index is 12.9. The summed E-state index contributed by atoms with van der Waals surface area (Å²) in [5.41, 5.74) is 0.969. The lowest BCUT2D eigenvalue weighted by atomic mass is 9.93. The van der Waals surface area contributed by atoms with E-state index in [0.717, 1.165) is 70.5 Å². The summed E-state index contributed by atoms with van der Waals surface area (Å²) in [6.07, 6.45) is 1.91. The third kappa shape index (κ3) is 6.33. The second-order valence-electron chi connectivity index (χ2n) is 7.94. The van der Waals surface area contributed by atoms with Crippen molar-refractivity contribution in [1.82, 2.24) is 10.6 Å². The van der Waals surface area contributed by atoms with Crippen molar-refractivity contribution in [3.05, 3.63) is 24.3 Å². The Morgan fingerprint density at radius 1 is 1.18 bits per heavy atom. The molecule has 1 amide bonds.